The van der Waals surface area contributed by atoms with Crippen LogP contribution >= 0.6 is 0 Å². The minimum absolute atomic E-state index is 0.0280. The van der Waals surface area contributed by atoms with Gasteiger partial charge in [-0.3, -0.25) is 19.9 Å². The van der Waals surface area contributed by atoms with Crippen LogP contribution in [-0.2, 0) is 16.9 Å². The maximum absolute atomic E-state index is 13.3. The number of carbonyl (C=O) groups is 1. The van der Waals surface area contributed by atoms with E-state index in [-0.39, 0.29) is 28.5 Å². The molecule has 9 nitrogen and oxygen atoms in total. The normalized spacial score (nSPS) is 19.2. The number of nitrogens with one attached hydrogen (secondary N) is 3. The van der Waals surface area contributed by atoms with E-state index in [1.807, 2.05) is 0 Å². The molecule has 1 amide bonds. The number of benzene rings is 1. The van der Waals surface area contributed by atoms with Crippen molar-refractivity contribution >= 4 is 32.8 Å². The third-order valence-electron chi connectivity index (χ3n) is 5.51. The second-order valence-corrected chi connectivity index (χ2v) is 10.5. The molecule has 1 aliphatic heterocycles. The minimum Gasteiger partial charge on any atom is -0.354 e. The summed E-state index contributed by atoms with van der Waals surface area (Å²) in [5.41, 5.74) is 1.13. The van der Waals surface area contributed by atoms with E-state index in [9.17, 15) is 17.6 Å². The van der Waals surface area contributed by atoms with Crippen LogP contribution in [-0.4, -0.2) is 51.8 Å². The molecule has 3 heterocycles. The summed E-state index contributed by atoms with van der Waals surface area (Å²) in [7, 11) is -1.49. The fraction of sp³-hybridized carbons (Fsp3) is 0.273. The Morgan fingerprint density at radius 3 is 2.58 bits per heavy atom. The predicted molar refractivity (Wildman–Crippen MR) is 122 cm³/mol. The van der Waals surface area contributed by atoms with Crippen LogP contribution in [0.1, 0.15) is 35.1 Å². The molecule has 0 aliphatic carbocycles. The van der Waals surface area contributed by atoms with E-state index in [4.69, 9.17) is 5.41 Å². The Balaban J connectivity index is 1.68. The zero-order valence-electron chi connectivity index (χ0n) is 18.1. The molecular formula is C22H23FN6O3S. The molecule has 2 aromatic heterocycles. The van der Waals surface area contributed by atoms with E-state index < -0.39 is 27.1 Å². The highest BCUT2D eigenvalue weighted by atomic mass is 32.2. The van der Waals surface area contributed by atoms with E-state index in [2.05, 4.69) is 20.7 Å². The number of amides is 1. The first-order chi connectivity index (χ1) is 15.6. The molecule has 3 N–H and O–H groups in total. The van der Waals surface area contributed by atoms with Gasteiger partial charge in [0.2, 0.25) is 0 Å². The molecule has 33 heavy (non-hydrogen) atoms. The number of anilines is 2. The lowest BCUT2D eigenvalue weighted by molar-refractivity contribution is 0.0915. The van der Waals surface area contributed by atoms with Crippen molar-refractivity contribution in [1.29, 1.82) is 5.41 Å². The minimum atomic E-state index is -3.19. The fourth-order valence-corrected chi connectivity index (χ4v) is 5.86. The fourth-order valence-electron chi connectivity index (χ4n) is 3.77. The van der Waals surface area contributed by atoms with Crippen LogP contribution in [0.15, 0.2) is 48.8 Å². The van der Waals surface area contributed by atoms with Gasteiger partial charge in [-0.15, -0.1) is 0 Å². The number of hydrogen-bond acceptors (Lipinski definition) is 7. The molecule has 0 unspecified atom stereocenters. The number of halogens is 1. The van der Waals surface area contributed by atoms with Gasteiger partial charge < -0.3 is 10.6 Å². The summed E-state index contributed by atoms with van der Waals surface area (Å²) in [6.07, 6.45) is 3.24. The second kappa shape index (κ2) is 8.39. The Hall–Kier alpha value is -3.60. The van der Waals surface area contributed by atoms with Gasteiger partial charge in [0.15, 0.2) is 9.84 Å². The third kappa shape index (κ3) is 4.92. The van der Waals surface area contributed by atoms with Crippen molar-refractivity contribution in [3.63, 3.8) is 0 Å². The second-order valence-electron chi connectivity index (χ2n) is 8.32. The number of rotatable bonds is 6. The number of hydrogen-bond donors (Lipinski definition) is 3. The summed E-state index contributed by atoms with van der Waals surface area (Å²) in [5, 5.41) is 18.6. The topological polar surface area (TPSA) is 130 Å². The van der Waals surface area contributed by atoms with Gasteiger partial charge in [0, 0.05) is 25.1 Å². The van der Waals surface area contributed by atoms with Crippen molar-refractivity contribution in [2.45, 2.75) is 18.9 Å². The van der Waals surface area contributed by atoms with Crippen molar-refractivity contribution in [3.8, 4) is 0 Å². The van der Waals surface area contributed by atoms with Crippen LogP contribution in [0.4, 0.5) is 15.8 Å². The average molecular weight is 471 g/mol. The molecule has 1 saturated heterocycles. The van der Waals surface area contributed by atoms with E-state index in [0.717, 1.165) is 0 Å². The molecule has 0 saturated carbocycles. The zero-order chi connectivity index (χ0) is 23.8. The SMILES string of the molecule is Cn1nccc1C(=N)c1ncc(C(=O)N[C@@]2(C)CCS(=O)(=O)C2)cc1Nc1ccc(F)cc1. The molecular weight excluding hydrogens is 447 g/mol. The molecule has 11 heteroatoms. The molecule has 0 bridgehead atoms. The number of aryl methyl sites for hydroxylation is 1. The summed E-state index contributed by atoms with van der Waals surface area (Å²) >= 11 is 0. The van der Waals surface area contributed by atoms with Crippen LogP contribution in [0, 0.1) is 11.2 Å². The van der Waals surface area contributed by atoms with Gasteiger partial charge in [-0.05, 0) is 49.7 Å². The molecule has 1 atom stereocenters. The maximum Gasteiger partial charge on any atom is 0.253 e. The van der Waals surface area contributed by atoms with Crippen LogP contribution in [0.2, 0.25) is 0 Å². The Labute approximate surface area is 190 Å². The molecule has 4 rings (SSSR count). The van der Waals surface area contributed by atoms with Gasteiger partial charge in [0.25, 0.3) is 5.91 Å². The molecule has 0 radical (unpaired) electrons. The zero-order valence-corrected chi connectivity index (χ0v) is 18.9. The first-order valence-corrected chi connectivity index (χ1v) is 12.0. The Bertz CT molecular complexity index is 1340. The van der Waals surface area contributed by atoms with Crippen molar-refractivity contribution in [2.75, 3.05) is 16.8 Å². The van der Waals surface area contributed by atoms with Gasteiger partial charge >= 0.3 is 0 Å². The maximum atomic E-state index is 13.3. The third-order valence-corrected chi connectivity index (χ3v) is 7.41. The van der Waals surface area contributed by atoms with E-state index in [0.29, 0.717) is 23.5 Å². The Morgan fingerprint density at radius 1 is 1.24 bits per heavy atom. The highest BCUT2D eigenvalue weighted by molar-refractivity contribution is 7.91. The number of sulfone groups is 1. The molecule has 172 valence electrons. The standard InChI is InChI=1S/C22H23FN6O3S/c1-22(8-10-33(31,32)13-22)28-21(30)14-11-17(27-16-5-3-15(23)4-6-16)20(25-12-14)19(24)18-7-9-26-29(18)2/h3-7,9,11-12,24,27H,8,10,13H2,1-2H3,(H,28,30)/t22-/m0/s1. The van der Waals surface area contributed by atoms with Crippen molar-refractivity contribution < 1.29 is 17.6 Å². The van der Waals surface area contributed by atoms with Crippen LogP contribution in [0.25, 0.3) is 0 Å². The lowest BCUT2D eigenvalue weighted by Gasteiger charge is -2.24. The van der Waals surface area contributed by atoms with Gasteiger partial charge in [0.05, 0.1) is 34.0 Å². The summed E-state index contributed by atoms with van der Waals surface area (Å²) < 4.78 is 38.6. The van der Waals surface area contributed by atoms with Crippen molar-refractivity contribution in [2.24, 2.45) is 7.05 Å². The van der Waals surface area contributed by atoms with E-state index in [1.54, 1.807) is 32.3 Å². The molecule has 3 aromatic rings. The smallest absolute Gasteiger partial charge is 0.253 e. The van der Waals surface area contributed by atoms with Crippen LogP contribution < -0.4 is 10.6 Å². The van der Waals surface area contributed by atoms with Gasteiger partial charge in [0.1, 0.15) is 17.2 Å². The van der Waals surface area contributed by atoms with Gasteiger partial charge in [-0.2, -0.15) is 5.10 Å². The predicted octanol–water partition coefficient (Wildman–Crippen LogP) is 2.42. The first kappa shape index (κ1) is 22.6. The lowest BCUT2D eigenvalue weighted by atomic mass is 10.0. The summed E-state index contributed by atoms with van der Waals surface area (Å²) in [5.74, 6) is -0.958. The Morgan fingerprint density at radius 2 is 1.97 bits per heavy atom. The molecule has 1 aromatic carbocycles. The Kier molecular flexibility index (Phi) is 5.75. The molecule has 1 aliphatic rings. The first-order valence-electron chi connectivity index (χ1n) is 10.2. The monoisotopic (exact) mass is 470 g/mol. The number of carbonyl (C=O) groups excluding carboxylic acids is 1. The lowest BCUT2D eigenvalue weighted by Crippen LogP contribution is -2.47. The van der Waals surface area contributed by atoms with Gasteiger partial charge in [-0.25, -0.2) is 12.8 Å². The largest absolute Gasteiger partial charge is 0.354 e. The van der Waals surface area contributed by atoms with Crippen LogP contribution in [0.5, 0.6) is 0 Å². The highest BCUT2D eigenvalue weighted by Gasteiger charge is 2.39. The van der Waals surface area contributed by atoms with E-state index >= 15 is 0 Å². The van der Waals surface area contributed by atoms with Gasteiger partial charge in [-0.1, -0.05) is 0 Å². The average Bonchev–Trinajstić information content (AvgIpc) is 3.30. The van der Waals surface area contributed by atoms with Crippen molar-refractivity contribution in [1.82, 2.24) is 20.1 Å². The summed E-state index contributed by atoms with van der Waals surface area (Å²) in [6.45, 7) is 1.70. The molecule has 0 spiro atoms. The van der Waals surface area contributed by atoms with Crippen LogP contribution in [0.3, 0.4) is 0 Å². The number of nitrogens with zero attached hydrogens (tertiary/aromatic N) is 3. The quantitative estimate of drug-likeness (QED) is 0.475. The number of pyridine rings is 1. The number of aromatic nitrogens is 3. The highest BCUT2D eigenvalue weighted by Crippen LogP contribution is 2.26. The summed E-state index contributed by atoms with van der Waals surface area (Å²) in [6, 6.07) is 8.86. The molecule has 1 fully saturated rings. The van der Waals surface area contributed by atoms with Crippen molar-refractivity contribution in [3.05, 3.63) is 71.6 Å². The summed E-state index contributed by atoms with van der Waals surface area (Å²) in [4.78, 5) is 17.3. The van der Waals surface area contributed by atoms with E-state index in [1.165, 1.54) is 35.1 Å².